The zero-order chi connectivity index (χ0) is 14.5. The summed E-state index contributed by atoms with van der Waals surface area (Å²) in [5.41, 5.74) is 6.30. The first kappa shape index (κ1) is 15.0. The summed E-state index contributed by atoms with van der Waals surface area (Å²) < 4.78 is 0. The van der Waals surface area contributed by atoms with E-state index < -0.39 is 5.92 Å². The van der Waals surface area contributed by atoms with Gasteiger partial charge in [0.15, 0.2) is 5.84 Å². The minimum Gasteiger partial charge on any atom is -0.409 e. The van der Waals surface area contributed by atoms with E-state index in [9.17, 15) is 4.79 Å². The third-order valence-electron chi connectivity index (χ3n) is 2.60. The molecule has 0 saturated heterocycles. The first-order valence-electron chi connectivity index (χ1n) is 6.15. The lowest BCUT2D eigenvalue weighted by atomic mass is 9.94. The van der Waals surface area contributed by atoms with Crippen LogP contribution in [0.4, 0.5) is 0 Å². The number of benzene rings is 1. The average Bonchev–Trinajstić information content (AvgIpc) is 2.37. The largest absolute Gasteiger partial charge is 0.409 e. The molecule has 0 fully saturated rings. The molecular formula is C14H21N3O2. The second kappa shape index (κ2) is 6.22. The quantitative estimate of drug-likeness (QED) is 0.334. The van der Waals surface area contributed by atoms with Crippen LogP contribution in [-0.4, -0.2) is 23.5 Å². The van der Waals surface area contributed by atoms with Crippen LogP contribution < -0.4 is 11.1 Å². The second-order valence-corrected chi connectivity index (χ2v) is 5.65. The van der Waals surface area contributed by atoms with E-state index in [0.717, 1.165) is 0 Å². The van der Waals surface area contributed by atoms with Crippen molar-refractivity contribution in [3.8, 4) is 0 Å². The Hall–Kier alpha value is -2.04. The highest BCUT2D eigenvalue weighted by Gasteiger charge is 2.26. The Morgan fingerprint density at radius 1 is 1.37 bits per heavy atom. The summed E-state index contributed by atoms with van der Waals surface area (Å²) in [6.45, 7) is 6.59. The molecule has 1 aromatic carbocycles. The minimum absolute atomic E-state index is 0.0258. The first-order valence-corrected chi connectivity index (χ1v) is 6.15. The van der Waals surface area contributed by atoms with Gasteiger partial charge in [-0.3, -0.25) is 4.79 Å². The zero-order valence-corrected chi connectivity index (χ0v) is 11.6. The topological polar surface area (TPSA) is 87.7 Å². The molecule has 1 atom stereocenters. The van der Waals surface area contributed by atoms with Crippen molar-refractivity contribution in [2.75, 3.05) is 6.54 Å². The molecule has 0 aliphatic rings. The molecule has 104 valence electrons. The fraction of sp³-hybridized carbons (Fsp3) is 0.429. The van der Waals surface area contributed by atoms with Crippen LogP contribution in [0.15, 0.2) is 35.5 Å². The maximum Gasteiger partial charge on any atom is 0.235 e. The molecule has 5 nitrogen and oxygen atoms in total. The van der Waals surface area contributed by atoms with Crippen molar-refractivity contribution in [2.45, 2.75) is 26.7 Å². The van der Waals surface area contributed by atoms with Crippen LogP contribution in [0.1, 0.15) is 32.3 Å². The van der Waals surface area contributed by atoms with Crippen LogP contribution in [0.5, 0.6) is 0 Å². The Bertz CT molecular complexity index is 450. The van der Waals surface area contributed by atoms with Gasteiger partial charge in [0.1, 0.15) is 5.92 Å². The summed E-state index contributed by atoms with van der Waals surface area (Å²) in [5.74, 6) is -1.15. The summed E-state index contributed by atoms with van der Waals surface area (Å²) >= 11 is 0. The van der Waals surface area contributed by atoms with Crippen molar-refractivity contribution in [1.29, 1.82) is 0 Å². The van der Waals surface area contributed by atoms with Crippen molar-refractivity contribution >= 4 is 11.7 Å². The predicted octanol–water partition coefficient (Wildman–Crippen LogP) is 1.68. The number of nitrogens with zero attached hydrogens (tertiary/aromatic N) is 1. The lowest BCUT2D eigenvalue weighted by Crippen LogP contribution is -2.40. The maximum absolute atomic E-state index is 12.2. The molecule has 0 radical (unpaired) electrons. The molecule has 0 saturated carbocycles. The molecular weight excluding hydrogens is 242 g/mol. The SMILES string of the molecule is CC(C)(C)CNC(=O)C(C(N)=NO)c1ccccc1. The lowest BCUT2D eigenvalue weighted by molar-refractivity contribution is -0.121. The van der Waals surface area contributed by atoms with E-state index in [2.05, 4.69) is 10.5 Å². The maximum atomic E-state index is 12.2. The molecule has 1 rings (SSSR count). The van der Waals surface area contributed by atoms with Gasteiger partial charge in [0, 0.05) is 6.54 Å². The standard InChI is InChI=1S/C14H21N3O2/c1-14(2,3)9-16-13(18)11(12(15)17-19)10-7-5-4-6-8-10/h4-8,11,19H,9H2,1-3H3,(H2,15,17)(H,16,18). The highest BCUT2D eigenvalue weighted by atomic mass is 16.4. The number of carbonyl (C=O) groups is 1. The molecule has 1 amide bonds. The third-order valence-corrected chi connectivity index (χ3v) is 2.60. The Labute approximate surface area is 113 Å². The van der Waals surface area contributed by atoms with Crippen molar-refractivity contribution in [2.24, 2.45) is 16.3 Å². The molecule has 1 unspecified atom stereocenters. The van der Waals surface area contributed by atoms with Crippen LogP contribution in [0.2, 0.25) is 0 Å². The van der Waals surface area contributed by atoms with Crippen LogP contribution in [-0.2, 0) is 4.79 Å². The Morgan fingerprint density at radius 3 is 2.42 bits per heavy atom. The molecule has 0 spiro atoms. The van der Waals surface area contributed by atoms with Crippen molar-refractivity contribution in [1.82, 2.24) is 5.32 Å². The van der Waals surface area contributed by atoms with Crippen molar-refractivity contribution < 1.29 is 10.0 Å². The van der Waals surface area contributed by atoms with Gasteiger partial charge in [-0.2, -0.15) is 0 Å². The number of carbonyl (C=O) groups excluding carboxylic acids is 1. The fourth-order valence-corrected chi connectivity index (χ4v) is 1.61. The van der Waals surface area contributed by atoms with E-state index in [0.29, 0.717) is 12.1 Å². The number of hydrogen-bond acceptors (Lipinski definition) is 3. The van der Waals surface area contributed by atoms with Crippen molar-refractivity contribution in [3.63, 3.8) is 0 Å². The monoisotopic (exact) mass is 263 g/mol. The van der Waals surface area contributed by atoms with Crippen LogP contribution in [0, 0.1) is 5.41 Å². The van der Waals surface area contributed by atoms with Crippen molar-refractivity contribution in [3.05, 3.63) is 35.9 Å². The normalized spacial score (nSPS) is 13.9. The van der Waals surface area contributed by atoms with E-state index in [4.69, 9.17) is 10.9 Å². The number of oxime groups is 1. The van der Waals surface area contributed by atoms with Gasteiger partial charge in [0.05, 0.1) is 0 Å². The smallest absolute Gasteiger partial charge is 0.235 e. The average molecular weight is 263 g/mol. The number of nitrogens with two attached hydrogens (primary N) is 1. The molecule has 0 heterocycles. The highest BCUT2D eigenvalue weighted by molar-refractivity contribution is 6.07. The van der Waals surface area contributed by atoms with E-state index in [1.807, 2.05) is 39.0 Å². The van der Waals surface area contributed by atoms with Crippen LogP contribution in [0.3, 0.4) is 0 Å². The van der Waals surface area contributed by atoms with E-state index in [-0.39, 0.29) is 17.2 Å². The predicted molar refractivity (Wildman–Crippen MR) is 75.1 cm³/mol. The molecule has 4 N–H and O–H groups in total. The van der Waals surface area contributed by atoms with Gasteiger partial charge in [-0.25, -0.2) is 0 Å². The van der Waals surface area contributed by atoms with Gasteiger partial charge >= 0.3 is 0 Å². The van der Waals surface area contributed by atoms with Crippen LogP contribution in [0.25, 0.3) is 0 Å². The van der Waals surface area contributed by atoms with Gasteiger partial charge < -0.3 is 16.3 Å². The van der Waals surface area contributed by atoms with E-state index in [1.54, 1.807) is 12.1 Å². The van der Waals surface area contributed by atoms with E-state index >= 15 is 0 Å². The third kappa shape index (κ3) is 4.62. The Morgan fingerprint density at radius 2 is 1.95 bits per heavy atom. The number of rotatable bonds is 4. The number of nitrogens with one attached hydrogen (secondary N) is 1. The molecule has 5 heteroatoms. The molecule has 19 heavy (non-hydrogen) atoms. The molecule has 0 aromatic heterocycles. The zero-order valence-electron chi connectivity index (χ0n) is 11.6. The van der Waals surface area contributed by atoms with Crippen LogP contribution >= 0.6 is 0 Å². The second-order valence-electron chi connectivity index (χ2n) is 5.65. The molecule has 0 aliphatic carbocycles. The molecule has 1 aromatic rings. The summed E-state index contributed by atoms with van der Waals surface area (Å²) in [4.78, 5) is 12.2. The fourth-order valence-electron chi connectivity index (χ4n) is 1.61. The highest BCUT2D eigenvalue weighted by Crippen LogP contribution is 2.17. The number of amides is 1. The minimum atomic E-state index is -0.770. The summed E-state index contributed by atoms with van der Waals surface area (Å²) in [6, 6.07) is 9.02. The summed E-state index contributed by atoms with van der Waals surface area (Å²) in [7, 11) is 0. The lowest BCUT2D eigenvalue weighted by Gasteiger charge is -2.22. The first-order chi connectivity index (χ1) is 8.85. The van der Waals surface area contributed by atoms with Gasteiger partial charge in [-0.15, -0.1) is 0 Å². The van der Waals surface area contributed by atoms with Gasteiger partial charge in [0.2, 0.25) is 5.91 Å². The number of amidine groups is 1. The Balaban J connectivity index is 2.90. The van der Waals surface area contributed by atoms with Gasteiger partial charge in [0.25, 0.3) is 0 Å². The summed E-state index contributed by atoms with van der Waals surface area (Å²) in [5, 5.41) is 14.6. The number of hydrogen-bond donors (Lipinski definition) is 3. The van der Waals surface area contributed by atoms with E-state index in [1.165, 1.54) is 0 Å². The Kier molecular flexibility index (Phi) is 4.92. The summed E-state index contributed by atoms with van der Waals surface area (Å²) in [6.07, 6.45) is 0. The van der Waals surface area contributed by atoms with Gasteiger partial charge in [-0.05, 0) is 11.0 Å². The molecule has 0 bridgehead atoms. The molecule has 0 aliphatic heterocycles. The van der Waals surface area contributed by atoms with Gasteiger partial charge in [-0.1, -0.05) is 56.3 Å².